The van der Waals surface area contributed by atoms with Crippen LogP contribution in [0.25, 0.3) is 17.0 Å². The van der Waals surface area contributed by atoms with Gasteiger partial charge in [-0.05, 0) is 30.3 Å². The van der Waals surface area contributed by atoms with Crippen molar-refractivity contribution in [2.75, 3.05) is 11.1 Å². The van der Waals surface area contributed by atoms with Gasteiger partial charge in [0.25, 0.3) is 0 Å². The standard InChI is InChI=1S/C16H13N7O/c17-10-4-3-5-11(8-10)20-14-18-9-19-15(22-14)23-13-7-2-1-6-12(13)21-16(23)24/h1-9H,17H2,(H,21,24)(H,18,19,20,22). The highest BCUT2D eigenvalue weighted by atomic mass is 16.1. The van der Waals surface area contributed by atoms with Gasteiger partial charge in [-0.25, -0.2) is 19.3 Å². The maximum atomic E-state index is 12.2. The van der Waals surface area contributed by atoms with Crippen LogP contribution in [0.15, 0.2) is 59.7 Å². The summed E-state index contributed by atoms with van der Waals surface area (Å²) in [5, 5.41) is 3.05. The number of H-pyrrole nitrogens is 1. The van der Waals surface area contributed by atoms with Crippen molar-refractivity contribution < 1.29 is 0 Å². The molecule has 2 aromatic carbocycles. The number of nitrogens with one attached hydrogen (secondary N) is 2. The third kappa shape index (κ3) is 2.45. The molecule has 4 N–H and O–H groups in total. The summed E-state index contributed by atoms with van der Waals surface area (Å²) in [7, 11) is 0. The molecule has 8 heteroatoms. The second-order valence-corrected chi connectivity index (χ2v) is 5.14. The summed E-state index contributed by atoms with van der Waals surface area (Å²) in [5.74, 6) is 0.557. The van der Waals surface area contributed by atoms with Crippen LogP contribution in [0.3, 0.4) is 0 Å². The maximum Gasteiger partial charge on any atom is 0.333 e. The normalized spacial score (nSPS) is 10.8. The minimum Gasteiger partial charge on any atom is -0.399 e. The molecule has 0 radical (unpaired) electrons. The molecule has 24 heavy (non-hydrogen) atoms. The van der Waals surface area contributed by atoms with Crippen molar-refractivity contribution >= 4 is 28.4 Å². The van der Waals surface area contributed by atoms with Crippen LogP contribution < -0.4 is 16.7 Å². The first-order valence-corrected chi connectivity index (χ1v) is 7.22. The van der Waals surface area contributed by atoms with E-state index in [1.807, 2.05) is 36.4 Å². The number of benzene rings is 2. The Bertz CT molecular complexity index is 1080. The van der Waals surface area contributed by atoms with Crippen LogP contribution in [0.4, 0.5) is 17.3 Å². The highest BCUT2D eigenvalue weighted by Gasteiger charge is 2.11. The van der Waals surface area contributed by atoms with E-state index in [0.29, 0.717) is 22.7 Å². The van der Waals surface area contributed by atoms with Crippen LogP contribution in [0.5, 0.6) is 0 Å². The van der Waals surface area contributed by atoms with Crippen LogP contribution in [0.2, 0.25) is 0 Å². The van der Waals surface area contributed by atoms with Gasteiger partial charge in [-0.15, -0.1) is 0 Å². The first-order valence-electron chi connectivity index (χ1n) is 7.22. The largest absolute Gasteiger partial charge is 0.399 e. The zero-order valence-electron chi connectivity index (χ0n) is 12.5. The van der Waals surface area contributed by atoms with E-state index < -0.39 is 0 Å². The monoisotopic (exact) mass is 319 g/mol. The molecule has 2 aromatic heterocycles. The van der Waals surface area contributed by atoms with Crippen molar-refractivity contribution in [3.05, 3.63) is 65.3 Å². The predicted molar refractivity (Wildman–Crippen MR) is 91.4 cm³/mol. The quantitative estimate of drug-likeness (QED) is 0.496. The number of anilines is 3. The molecule has 4 rings (SSSR count). The molecule has 2 heterocycles. The molecule has 0 saturated heterocycles. The molecule has 0 aliphatic heterocycles. The number of rotatable bonds is 3. The molecule has 0 aliphatic rings. The van der Waals surface area contributed by atoms with Gasteiger partial charge in [-0.3, -0.25) is 0 Å². The van der Waals surface area contributed by atoms with E-state index in [2.05, 4.69) is 25.3 Å². The zero-order valence-corrected chi connectivity index (χ0v) is 12.5. The van der Waals surface area contributed by atoms with Crippen molar-refractivity contribution in [3.8, 4) is 5.95 Å². The lowest BCUT2D eigenvalue weighted by molar-refractivity contribution is 0.886. The average Bonchev–Trinajstić information content (AvgIpc) is 2.91. The van der Waals surface area contributed by atoms with Crippen LogP contribution in [0, 0.1) is 0 Å². The van der Waals surface area contributed by atoms with Gasteiger partial charge in [0.2, 0.25) is 11.9 Å². The predicted octanol–water partition coefficient (Wildman–Crippen LogP) is 1.83. The number of aromatic amines is 1. The van der Waals surface area contributed by atoms with E-state index in [1.54, 1.807) is 12.1 Å². The lowest BCUT2D eigenvalue weighted by atomic mass is 10.3. The molecule has 0 atom stereocenters. The summed E-state index contributed by atoms with van der Waals surface area (Å²) in [6.45, 7) is 0. The lowest BCUT2D eigenvalue weighted by Crippen LogP contribution is -2.18. The van der Waals surface area contributed by atoms with E-state index in [9.17, 15) is 4.79 Å². The van der Waals surface area contributed by atoms with E-state index in [4.69, 9.17) is 5.73 Å². The number of aromatic nitrogens is 5. The van der Waals surface area contributed by atoms with Crippen molar-refractivity contribution in [3.63, 3.8) is 0 Å². The van der Waals surface area contributed by atoms with Gasteiger partial charge in [0.1, 0.15) is 6.33 Å². The number of para-hydroxylation sites is 2. The molecule has 0 aliphatic carbocycles. The Hall–Kier alpha value is -3.68. The number of fused-ring (bicyclic) bond motifs is 1. The number of imidazole rings is 1. The molecular formula is C16H13N7O. The van der Waals surface area contributed by atoms with Crippen LogP contribution >= 0.6 is 0 Å². The van der Waals surface area contributed by atoms with Gasteiger partial charge >= 0.3 is 5.69 Å². The third-order valence-electron chi connectivity index (χ3n) is 3.49. The summed E-state index contributed by atoms with van der Waals surface area (Å²) < 4.78 is 1.40. The van der Waals surface area contributed by atoms with Gasteiger partial charge in [0.15, 0.2) is 0 Å². The van der Waals surface area contributed by atoms with E-state index in [-0.39, 0.29) is 11.6 Å². The Morgan fingerprint density at radius 3 is 2.83 bits per heavy atom. The van der Waals surface area contributed by atoms with E-state index in [1.165, 1.54) is 10.9 Å². The Balaban J connectivity index is 1.77. The van der Waals surface area contributed by atoms with E-state index in [0.717, 1.165) is 5.69 Å². The first-order chi connectivity index (χ1) is 11.7. The number of hydrogen-bond donors (Lipinski definition) is 3. The molecular weight excluding hydrogens is 306 g/mol. The van der Waals surface area contributed by atoms with E-state index >= 15 is 0 Å². The first kappa shape index (κ1) is 13.9. The summed E-state index contributed by atoms with van der Waals surface area (Å²) in [6.07, 6.45) is 1.35. The molecule has 0 unspecified atom stereocenters. The Morgan fingerprint density at radius 2 is 1.96 bits per heavy atom. The lowest BCUT2D eigenvalue weighted by Gasteiger charge is -2.07. The Kier molecular flexibility index (Phi) is 3.20. The van der Waals surface area contributed by atoms with Gasteiger partial charge in [-0.2, -0.15) is 4.98 Å². The minimum absolute atomic E-state index is 0.235. The summed E-state index contributed by atoms with van der Waals surface area (Å²) >= 11 is 0. The smallest absolute Gasteiger partial charge is 0.333 e. The van der Waals surface area contributed by atoms with Gasteiger partial charge in [0, 0.05) is 11.4 Å². The number of nitrogens with two attached hydrogens (primary N) is 1. The van der Waals surface area contributed by atoms with Crippen molar-refractivity contribution in [1.29, 1.82) is 0 Å². The van der Waals surface area contributed by atoms with Crippen LogP contribution in [-0.2, 0) is 0 Å². The molecule has 0 saturated carbocycles. The second kappa shape index (κ2) is 5.51. The van der Waals surface area contributed by atoms with Gasteiger partial charge in [0.05, 0.1) is 11.0 Å². The molecule has 118 valence electrons. The fraction of sp³-hybridized carbons (Fsp3) is 0. The van der Waals surface area contributed by atoms with Crippen molar-refractivity contribution in [2.24, 2.45) is 0 Å². The zero-order chi connectivity index (χ0) is 16.5. The number of nitrogen functional groups attached to an aromatic ring is 1. The van der Waals surface area contributed by atoms with Crippen molar-refractivity contribution in [2.45, 2.75) is 0 Å². The topological polar surface area (TPSA) is 115 Å². The third-order valence-corrected chi connectivity index (χ3v) is 3.49. The molecule has 0 amide bonds. The Labute approximate surface area is 136 Å². The van der Waals surface area contributed by atoms with Crippen molar-refractivity contribution in [1.82, 2.24) is 24.5 Å². The summed E-state index contributed by atoms with van der Waals surface area (Å²) in [5.41, 5.74) is 8.24. The van der Waals surface area contributed by atoms with Gasteiger partial charge < -0.3 is 16.0 Å². The highest BCUT2D eigenvalue weighted by Crippen LogP contribution is 2.17. The highest BCUT2D eigenvalue weighted by molar-refractivity contribution is 5.76. The second-order valence-electron chi connectivity index (χ2n) is 5.14. The van der Waals surface area contributed by atoms with Gasteiger partial charge in [-0.1, -0.05) is 18.2 Å². The SMILES string of the molecule is Nc1cccc(Nc2ncnc(-n3c(=O)[nH]c4ccccc43)n2)c1. The number of hydrogen-bond acceptors (Lipinski definition) is 6. The molecule has 0 spiro atoms. The fourth-order valence-electron chi connectivity index (χ4n) is 2.45. The Morgan fingerprint density at radius 1 is 1.08 bits per heavy atom. The molecule has 0 fully saturated rings. The molecule has 8 nitrogen and oxygen atoms in total. The molecule has 0 bridgehead atoms. The van der Waals surface area contributed by atoms with Crippen LogP contribution in [0.1, 0.15) is 0 Å². The number of nitrogens with zero attached hydrogens (tertiary/aromatic N) is 4. The average molecular weight is 319 g/mol. The summed E-state index contributed by atoms with van der Waals surface area (Å²) in [6, 6.07) is 14.6. The fourth-order valence-corrected chi connectivity index (χ4v) is 2.45. The maximum absolute atomic E-state index is 12.2. The molecule has 4 aromatic rings. The van der Waals surface area contributed by atoms with Crippen LogP contribution in [-0.4, -0.2) is 24.5 Å². The minimum atomic E-state index is -0.308. The summed E-state index contributed by atoms with van der Waals surface area (Å²) in [4.78, 5) is 27.5.